The third-order valence-electron chi connectivity index (χ3n) is 2.05. The van der Waals surface area contributed by atoms with Gasteiger partial charge in [0.2, 0.25) is 5.91 Å². The van der Waals surface area contributed by atoms with E-state index in [1.165, 1.54) is 17.4 Å². The zero-order valence-corrected chi connectivity index (χ0v) is 10.1. The lowest BCUT2D eigenvalue weighted by molar-refractivity contribution is -0.113. The third kappa shape index (κ3) is 2.65. The van der Waals surface area contributed by atoms with E-state index < -0.39 is 5.91 Å². The Hall–Kier alpha value is -1.81. The number of carbonyl (C=O) groups is 1. The topological polar surface area (TPSA) is 65.8 Å². The zero-order chi connectivity index (χ0) is 12.3. The average Bonchev–Trinajstić information content (AvgIpc) is 2.71. The molecule has 0 bridgehead atoms. The van der Waals surface area contributed by atoms with Gasteiger partial charge in [-0.25, -0.2) is 0 Å². The molecule has 1 amide bonds. The number of thiophene rings is 1. The molecule has 17 heavy (non-hydrogen) atoms. The first-order chi connectivity index (χ1) is 8.20. The second-order valence-corrected chi connectivity index (χ2v) is 4.66. The summed E-state index contributed by atoms with van der Waals surface area (Å²) in [4.78, 5) is 14.3. The quantitative estimate of drug-likeness (QED) is 0.343. The molecule has 84 valence electrons. The fraction of sp³-hybridized carbons (Fsp3) is 0. The van der Waals surface area contributed by atoms with Crippen LogP contribution in [0.25, 0.3) is 26.6 Å². The molecule has 0 aliphatic rings. The van der Waals surface area contributed by atoms with Gasteiger partial charge in [-0.05, 0) is 40.3 Å². The SMILES string of the molecule is [N-]=[N+]=NC(=O)C=Cc1cc2cccc(Cl)c2s1. The highest BCUT2D eigenvalue weighted by Gasteiger charge is 2.02. The van der Waals surface area contributed by atoms with E-state index in [0.29, 0.717) is 5.02 Å². The Morgan fingerprint density at radius 2 is 2.35 bits per heavy atom. The van der Waals surface area contributed by atoms with Crippen molar-refractivity contribution in [3.63, 3.8) is 0 Å². The highest BCUT2D eigenvalue weighted by molar-refractivity contribution is 7.20. The van der Waals surface area contributed by atoms with Crippen LogP contribution in [0, 0.1) is 0 Å². The maximum absolute atomic E-state index is 11.0. The van der Waals surface area contributed by atoms with Crippen molar-refractivity contribution < 1.29 is 4.79 Å². The number of fused-ring (bicyclic) bond motifs is 1. The summed E-state index contributed by atoms with van der Waals surface area (Å²) in [5.74, 6) is -0.615. The molecule has 0 radical (unpaired) electrons. The van der Waals surface area contributed by atoms with Crippen LogP contribution in [0.2, 0.25) is 5.02 Å². The predicted octanol–water partition coefficient (Wildman–Crippen LogP) is 4.40. The van der Waals surface area contributed by atoms with Crippen LogP contribution in [0.3, 0.4) is 0 Å². The summed E-state index contributed by atoms with van der Waals surface area (Å²) >= 11 is 7.51. The largest absolute Gasteiger partial charge is 0.288 e. The van der Waals surface area contributed by atoms with Gasteiger partial charge in [0, 0.05) is 9.79 Å². The number of rotatable bonds is 2. The standard InChI is InChI=1S/C11H6ClN3OS/c12-9-3-1-2-7-6-8(17-11(7)9)4-5-10(16)14-15-13/h1-6H. The van der Waals surface area contributed by atoms with E-state index in [-0.39, 0.29) is 0 Å². The highest BCUT2D eigenvalue weighted by Crippen LogP contribution is 2.32. The molecule has 2 rings (SSSR count). The number of hydrogen-bond acceptors (Lipinski definition) is 2. The Labute approximate surface area is 106 Å². The minimum absolute atomic E-state index is 0.615. The third-order valence-corrected chi connectivity index (χ3v) is 3.62. The second kappa shape index (κ2) is 5.01. The van der Waals surface area contributed by atoms with Gasteiger partial charge in [0.15, 0.2) is 0 Å². The molecule has 0 unspecified atom stereocenters. The molecule has 0 saturated carbocycles. The molecule has 0 saturated heterocycles. The minimum atomic E-state index is -0.615. The number of benzene rings is 1. The molecule has 4 nitrogen and oxygen atoms in total. The molecular weight excluding hydrogens is 258 g/mol. The van der Waals surface area contributed by atoms with Crippen molar-refractivity contribution in [2.24, 2.45) is 5.11 Å². The Balaban J connectivity index is 2.35. The van der Waals surface area contributed by atoms with Gasteiger partial charge in [-0.1, -0.05) is 23.7 Å². The molecule has 6 heteroatoms. The van der Waals surface area contributed by atoms with Gasteiger partial charge in [-0.3, -0.25) is 4.79 Å². The van der Waals surface area contributed by atoms with Gasteiger partial charge in [0.05, 0.1) is 9.72 Å². The van der Waals surface area contributed by atoms with Gasteiger partial charge < -0.3 is 0 Å². The van der Waals surface area contributed by atoms with Crippen molar-refractivity contribution in [1.82, 2.24) is 0 Å². The van der Waals surface area contributed by atoms with E-state index in [9.17, 15) is 4.79 Å². The molecular formula is C11H6ClN3OS. The van der Waals surface area contributed by atoms with Crippen LogP contribution in [-0.4, -0.2) is 5.91 Å². The maximum Gasteiger partial charge on any atom is 0.242 e. The van der Waals surface area contributed by atoms with E-state index in [1.807, 2.05) is 24.3 Å². The molecule has 0 aliphatic heterocycles. The number of amides is 1. The molecule has 0 N–H and O–H groups in total. The van der Waals surface area contributed by atoms with Gasteiger partial charge in [-0.2, -0.15) is 0 Å². The Morgan fingerprint density at radius 3 is 3.06 bits per heavy atom. The van der Waals surface area contributed by atoms with Crippen LogP contribution in [0.5, 0.6) is 0 Å². The second-order valence-electron chi connectivity index (χ2n) is 3.17. The summed E-state index contributed by atoms with van der Waals surface area (Å²) in [5, 5.41) is 4.66. The van der Waals surface area contributed by atoms with Crippen LogP contribution < -0.4 is 0 Å². The highest BCUT2D eigenvalue weighted by atomic mass is 35.5. The number of halogens is 1. The molecule has 0 aliphatic carbocycles. The normalized spacial score (nSPS) is 10.6. The number of azide groups is 1. The first-order valence-corrected chi connectivity index (χ1v) is 5.85. The summed E-state index contributed by atoms with van der Waals surface area (Å²) < 4.78 is 0.977. The van der Waals surface area contributed by atoms with Crippen molar-refractivity contribution in [2.75, 3.05) is 0 Å². The molecule has 0 atom stereocenters. The number of carbonyl (C=O) groups excluding carboxylic acids is 1. The van der Waals surface area contributed by atoms with Gasteiger partial charge in [-0.15, -0.1) is 11.3 Å². The van der Waals surface area contributed by atoms with E-state index in [2.05, 4.69) is 10.0 Å². The van der Waals surface area contributed by atoms with E-state index in [0.717, 1.165) is 15.0 Å². The predicted molar refractivity (Wildman–Crippen MR) is 70.0 cm³/mol. The van der Waals surface area contributed by atoms with Crippen LogP contribution in [0.4, 0.5) is 0 Å². The smallest absolute Gasteiger partial charge is 0.242 e. The summed E-state index contributed by atoms with van der Waals surface area (Å²) in [5.41, 5.74) is 8.07. The molecule has 1 aromatic heterocycles. The van der Waals surface area contributed by atoms with Crippen molar-refractivity contribution >= 4 is 45.0 Å². The zero-order valence-electron chi connectivity index (χ0n) is 8.50. The summed E-state index contributed by atoms with van der Waals surface area (Å²) in [6.45, 7) is 0. The van der Waals surface area contributed by atoms with Gasteiger partial charge in [0.25, 0.3) is 0 Å². The molecule has 1 aromatic carbocycles. The monoisotopic (exact) mass is 263 g/mol. The number of nitrogens with zero attached hydrogens (tertiary/aromatic N) is 3. The molecule has 2 aromatic rings. The summed E-state index contributed by atoms with van der Waals surface area (Å²) in [7, 11) is 0. The summed E-state index contributed by atoms with van der Waals surface area (Å²) in [6.07, 6.45) is 2.84. The fourth-order valence-electron chi connectivity index (χ4n) is 1.36. The van der Waals surface area contributed by atoms with Gasteiger partial charge >= 0.3 is 0 Å². The Morgan fingerprint density at radius 1 is 1.53 bits per heavy atom. The lowest BCUT2D eigenvalue weighted by Gasteiger charge is -1.89. The summed E-state index contributed by atoms with van der Waals surface area (Å²) in [6, 6.07) is 7.56. The Kier molecular flexibility index (Phi) is 3.44. The first kappa shape index (κ1) is 11.7. The minimum Gasteiger partial charge on any atom is -0.288 e. The van der Waals surface area contributed by atoms with Crippen LogP contribution >= 0.6 is 22.9 Å². The van der Waals surface area contributed by atoms with E-state index >= 15 is 0 Å². The van der Waals surface area contributed by atoms with Crippen molar-refractivity contribution in [3.8, 4) is 0 Å². The van der Waals surface area contributed by atoms with E-state index in [1.54, 1.807) is 6.08 Å². The van der Waals surface area contributed by atoms with Gasteiger partial charge in [0.1, 0.15) is 0 Å². The Bertz CT molecular complexity index is 656. The van der Waals surface area contributed by atoms with Crippen LogP contribution in [-0.2, 0) is 4.79 Å². The molecule has 0 spiro atoms. The van der Waals surface area contributed by atoms with Crippen LogP contribution in [0.1, 0.15) is 4.88 Å². The van der Waals surface area contributed by atoms with Crippen molar-refractivity contribution in [3.05, 3.63) is 50.7 Å². The average molecular weight is 264 g/mol. The molecule has 1 heterocycles. The maximum atomic E-state index is 11.0. The van der Waals surface area contributed by atoms with Crippen molar-refractivity contribution in [1.29, 1.82) is 0 Å². The first-order valence-electron chi connectivity index (χ1n) is 4.66. The molecule has 0 fully saturated rings. The lowest BCUT2D eigenvalue weighted by Crippen LogP contribution is -1.80. The van der Waals surface area contributed by atoms with Crippen molar-refractivity contribution in [2.45, 2.75) is 0 Å². The van der Waals surface area contributed by atoms with Crippen LogP contribution in [0.15, 0.2) is 35.5 Å². The van der Waals surface area contributed by atoms with E-state index in [4.69, 9.17) is 17.1 Å². The number of hydrogen-bond donors (Lipinski definition) is 0. The fourth-order valence-corrected chi connectivity index (χ4v) is 2.63. The lowest BCUT2D eigenvalue weighted by atomic mass is 10.2.